The van der Waals surface area contributed by atoms with Crippen molar-refractivity contribution in [1.29, 1.82) is 0 Å². The van der Waals surface area contributed by atoms with Crippen LogP contribution in [0.15, 0.2) is 188 Å². The lowest BCUT2D eigenvalue weighted by atomic mass is 9.88. The van der Waals surface area contributed by atoms with Crippen LogP contribution >= 0.6 is 0 Å². The van der Waals surface area contributed by atoms with Gasteiger partial charge in [-0.2, -0.15) is 0 Å². The van der Waals surface area contributed by atoms with Gasteiger partial charge < -0.3 is 4.57 Å². The molecule has 51 heavy (non-hydrogen) atoms. The Bertz CT molecular complexity index is 3180. The third-order valence-corrected chi connectivity index (χ3v) is 10.9. The molecular formula is C50H31N. The van der Waals surface area contributed by atoms with Crippen LogP contribution in [0.3, 0.4) is 0 Å². The number of hydrogen-bond acceptors (Lipinski definition) is 0. The van der Waals surface area contributed by atoms with Gasteiger partial charge in [0.1, 0.15) is 0 Å². The number of fused-ring (bicyclic) bond motifs is 12. The minimum atomic E-state index is 1.17. The molecule has 1 heteroatoms. The van der Waals surface area contributed by atoms with E-state index in [1.54, 1.807) is 0 Å². The van der Waals surface area contributed by atoms with E-state index in [2.05, 4.69) is 193 Å². The summed E-state index contributed by atoms with van der Waals surface area (Å²) in [5, 5.41) is 15.3. The summed E-state index contributed by atoms with van der Waals surface area (Å²) in [7, 11) is 0. The average Bonchev–Trinajstić information content (AvgIpc) is 3.55. The van der Waals surface area contributed by atoms with Crippen LogP contribution in [-0.2, 0) is 0 Å². The van der Waals surface area contributed by atoms with E-state index in [9.17, 15) is 0 Å². The summed E-state index contributed by atoms with van der Waals surface area (Å²) in [5.41, 5.74) is 8.62. The molecule has 1 aromatic heterocycles. The first-order chi connectivity index (χ1) is 25.3. The van der Waals surface area contributed by atoms with Gasteiger partial charge >= 0.3 is 0 Å². The molecule has 0 aliphatic heterocycles. The zero-order valence-corrected chi connectivity index (χ0v) is 27.8. The van der Waals surface area contributed by atoms with Gasteiger partial charge in [0, 0.05) is 27.2 Å². The van der Waals surface area contributed by atoms with E-state index in [1.807, 2.05) is 0 Å². The number of para-hydroxylation sites is 1. The zero-order valence-electron chi connectivity index (χ0n) is 27.8. The second-order valence-electron chi connectivity index (χ2n) is 13.7. The standard InChI is InChI=1S/C50H31N/c1-2-13-33(14-3-1)45-31-46-41-17-7-9-19-43(41)50-49(48(46)42-18-8-6-16-40(42)45)44-20-10-11-21-47(44)51(50)39-27-26-37-29-36(24-25-38(37)30-39)35-23-22-32-12-4-5-15-34(32)28-35/h1-31H. The van der Waals surface area contributed by atoms with Gasteiger partial charge in [-0.1, -0.05) is 152 Å². The predicted molar refractivity (Wildman–Crippen MR) is 219 cm³/mol. The molecule has 1 heterocycles. The fourth-order valence-electron chi connectivity index (χ4n) is 8.57. The second kappa shape index (κ2) is 10.9. The van der Waals surface area contributed by atoms with Crippen LogP contribution < -0.4 is 0 Å². The molecule has 0 saturated carbocycles. The largest absolute Gasteiger partial charge is 0.309 e. The van der Waals surface area contributed by atoms with E-state index in [0.717, 1.165) is 0 Å². The normalized spacial score (nSPS) is 11.9. The van der Waals surface area contributed by atoms with Crippen LogP contribution in [0.1, 0.15) is 0 Å². The Kier molecular flexibility index (Phi) is 6.02. The van der Waals surface area contributed by atoms with Gasteiger partial charge in [0.15, 0.2) is 0 Å². The molecule has 0 unspecified atom stereocenters. The molecule has 0 N–H and O–H groups in total. The molecular weight excluding hydrogens is 615 g/mol. The van der Waals surface area contributed by atoms with Crippen molar-refractivity contribution in [3.8, 4) is 27.9 Å². The third-order valence-electron chi connectivity index (χ3n) is 10.9. The summed E-state index contributed by atoms with van der Waals surface area (Å²) >= 11 is 0. The highest BCUT2D eigenvalue weighted by molar-refractivity contribution is 6.38. The van der Waals surface area contributed by atoms with Gasteiger partial charge in [-0.15, -0.1) is 0 Å². The van der Waals surface area contributed by atoms with Crippen LogP contribution in [0.5, 0.6) is 0 Å². The first-order valence-corrected chi connectivity index (χ1v) is 17.7. The molecule has 0 fully saturated rings. The van der Waals surface area contributed by atoms with Gasteiger partial charge in [-0.3, -0.25) is 0 Å². The summed E-state index contributed by atoms with van der Waals surface area (Å²) in [4.78, 5) is 0. The van der Waals surface area contributed by atoms with E-state index in [0.29, 0.717) is 0 Å². The van der Waals surface area contributed by atoms with E-state index in [4.69, 9.17) is 0 Å². The highest BCUT2D eigenvalue weighted by Gasteiger charge is 2.21. The van der Waals surface area contributed by atoms with Gasteiger partial charge in [0.25, 0.3) is 0 Å². The molecule has 0 aliphatic carbocycles. The SMILES string of the molecule is c1ccc(-c2cc3c4ccccc4c4c(c5ccccc5n4-c4ccc5cc(-c6ccc7ccccc7c6)ccc5c4)c3c3ccccc23)cc1. The van der Waals surface area contributed by atoms with Crippen LogP contribution in [0.4, 0.5) is 0 Å². The monoisotopic (exact) mass is 645 g/mol. The molecule has 0 saturated heterocycles. The highest BCUT2D eigenvalue weighted by atomic mass is 15.0. The third kappa shape index (κ3) is 4.22. The molecule has 0 bridgehead atoms. The Labute approximate surface area is 295 Å². The van der Waals surface area contributed by atoms with Gasteiger partial charge in [-0.25, -0.2) is 0 Å². The van der Waals surface area contributed by atoms with E-state index in [-0.39, 0.29) is 0 Å². The lowest BCUT2D eigenvalue weighted by molar-refractivity contribution is 1.19. The summed E-state index contributed by atoms with van der Waals surface area (Å²) in [6.45, 7) is 0. The van der Waals surface area contributed by atoms with Crippen molar-refractivity contribution in [2.45, 2.75) is 0 Å². The maximum Gasteiger partial charge on any atom is 0.0626 e. The fourth-order valence-corrected chi connectivity index (χ4v) is 8.57. The van der Waals surface area contributed by atoms with Crippen LogP contribution in [0, 0.1) is 0 Å². The molecule has 10 aromatic carbocycles. The van der Waals surface area contributed by atoms with Crippen molar-refractivity contribution >= 4 is 75.7 Å². The fraction of sp³-hybridized carbons (Fsp3) is 0. The number of hydrogen-bond donors (Lipinski definition) is 0. The molecule has 0 aliphatic rings. The first-order valence-electron chi connectivity index (χ1n) is 17.7. The van der Waals surface area contributed by atoms with Crippen molar-refractivity contribution < 1.29 is 0 Å². The summed E-state index contributed by atoms with van der Waals surface area (Å²) < 4.78 is 2.50. The lowest BCUT2D eigenvalue weighted by Gasteiger charge is -2.16. The molecule has 0 radical (unpaired) electrons. The van der Waals surface area contributed by atoms with Crippen molar-refractivity contribution in [3.05, 3.63) is 188 Å². The quantitative estimate of drug-likeness (QED) is 0.169. The van der Waals surface area contributed by atoms with Crippen LogP contribution in [0.2, 0.25) is 0 Å². The molecule has 11 rings (SSSR count). The zero-order chi connectivity index (χ0) is 33.5. The maximum absolute atomic E-state index is 2.50. The molecule has 11 aromatic rings. The van der Waals surface area contributed by atoms with Crippen LogP contribution in [0.25, 0.3) is 104 Å². The molecule has 236 valence electrons. The topological polar surface area (TPSA) is 4.93 Å². The minimum absolute atomic E-state index is 1.17. The minimum Gasteiger partial charge on any atom is -0.309 e. The second-order valence-corrected chi connectivity index (χ2v) is 13.7. The van der Waals surface area contributed by atoms with Crippen molar-refractivity contribution in [1.82, 2.24) is 4.57 Å². The Morgan fingerprint density at radius 2 is 0.863 bits per heavy atom. The van der Waals surface area contributed by atoms with E-state index >= 15 is 0 Å². The number of aromatic nitrogens is 1. The van der Waals surface area contributed by atoms with Gasteiger partial charge in [0.2, 0.25) is 0 Å². The highest BCUT2D eigenvalue weighted by Crippen LogP contribution is 2.47. The van der Waals surface area contributed by atoms with Crippen molar-refractivity contribution in [2.75, 3.05) is 0 Å². The average molecular weight is 646 g/mol. The Morgan fingerprint density at radius 3 is 1.67 bits per heavy atom. The molecule has 0 amide bonds. The maximum atomic E-state index is 2.50. The number of benzene rings is 10. The Balaban J connectivity index is 1.20. The van der Waals surface area contributed by atoms with Gasteiger partial charge in [0.05, 0.1) is 11.0 Å². The lowest BCUT2D eigenvalue weighted by Crippen LogP contribution is -1.95. The number of rotatable bonds is 3. The Hall–Kier alpha value is -6.70. The summed E-state index contributed by atoms with van der Waals surface area (Å²) in [6, 6.07) is 69.3. The summed E-state index contributed by atoms with van der Waals surface area (Å²) in [6.07, 6.45) is 0. The smallest absolute Gasteiger partial charge is 0.0626 e. The summed E-state index contributed by atoms with van der Waals surface area (Å²) in [5.74, 6) is 0. The molecule has 0 atom stereocenters. The first kappa shape index (κ1) is 28.2. The van der Waals surface area contributed by atoms with Gasteiger partial charge in [-0.05, 0) is 102 Å². The van der Waals surface area contributed by atoms with E-state index < -0.39 is 0 Å². The van der Waals surface area contributed by atoms with E-state index in [1.165, 1.54) is 104 Å². The van der Waals surface area contributed by atoms with Crippen molar-refractivity contribution in [3.63, 3.8) is 0 Å². The molecule has 1 nitrogen and oxygen atoms in total. The molecule has 0 spiro atoms. The van der Waals surface area contributed by atoms with Crippen molar-refractivity contribution in [2.24, 2.45) is 0 Å². The Morgan fingerprint density at radius 1 is 0.294 bits per heavy atom. The number of nitrogens with zero attached hydrogens (tertiary/aromatic N) is 1. The predicted octanol–water partition coefficient (Wildman–Crippen LogP) is 13.9. The van der Waals surface area contributed by atoms with Crippen LogP contribution in [-0.4, -0.2) is 4.57 Å².